The maximum atomic E-state index is 11.2. The monoisotopic (exact) mass is 236 g/mol. The number of hydrogen-bond donors (Lipinski definition) is 2. The zero-order valence-corrected chi connectivity index (χ0v) is 10.2. The smallest absolute Gasteiger partial charge is 0.221 e. The lowest BCUT2D eigenvalue weighted by Crippen LogP contribution is -2.36. The van der Waals surface area contributed by atoms with E-state index < -0.39 is 0 Å². The Morgan fingerprint density at radius 1 is 1.41 bits per heavy atom. The predicted octanol–water partition coefficient (Wildman–Crippen LogP) is 1.06. The van der Waals surface area contributed by atoms with Crippen LogP contribution in [0.5, 0.6) is 0 Å². The lowest BCUT2D eigenvalue weighted by molar-refractivity contribution is -0.121. The standard InChI is InChI=1S/C13H20N2O2/c1-11(15-13(16)7-8-14)9-17-10-12-5-3-2-4-6-12/h2-6,11H,7-10,14H2,1H3,(H,15,16). The van der Waals surface area contributed by atoms with Crippen LogP contribution in [0.15, 0.2) is 30.3 Å². The van der Waals surface area contributed by atoms with Crippen LogP contribution >= 0.6 is 0 Å². The quantitative estimate of drug-likeness (QED) is 0.744. The van der Waals surface area contributed by atoms with Gasteiger partial charge in [0.05, 0.1) is 13.2 Å². The van der Waals surface area contributed by atoms with Gasteiger partial charge in [-0.2, -0.15) is 0 Å². The third kappa shape index (κ3) is 6.04. The van der Waals surface area contributed by atoms with Crippen molar-refractivity contribution in [3.8, 4) is 0 Å². The SMILES string of the molecule is CC(COCc1ccccc1)NC(=O)CCN. The van der Waals surface area contributed by atoms with Crippen LogP contribution in [0.1, 0.15) is 18.9 Å². The Kier molecular flexibility index (Phi) is 6.29. The van der Waals surface area contributed by atoms with Crippen molar-refractivity contribution in [2.45, 2.75) is 26.0 Å². The Bertz CT molecular complexity index is 327. The summed E-state index contributed by atoms with van der Waals surface area (Å²) >= 11 is 0. The van der Waals surface area contributed by atoms with Crippen molar-refractivity contribution in [1.29, 1.82) is 0 Å². The zero-order chi connectivity index (χ0) is 12.5. The van der Waals surface area contributed by atoms with E-state index in [1.165, 1.54) is 0 Å². The van der Waals surface area contributed by atoms with Gasteiger partial charge in [0, 0.05) is 19.0 Å². The van der Waals surface area contributed by atoms with Crippen LogP contribution in [0.25, 0.3) is 0 Å². The first kappa shape index (κ1) is 13.7. The minimum absolute atomic E-state index is 0.0118. The fourth-order valence-electron chi connectivity index (χ4n) is 1.45. The Balaban J connectivity index is 2.16. The Morgan fingerprint density at radius 2 is 2.12 bits per heavy atom. The number of rotatable bonds is 7. The fourth-order valence-corrected chi connectivity index (χ4v) is 1.45. The molecule has 0 spiro atoms. The summed E-state index contributed by atoms with van der Waals surface area (Å²) in [4.78, 5) is 11.2. The maximum absolute atomic E-state index is 11.2. The average molecular weight is 236 g/mol. The highest BCUT2D eigenvalue weighted by molar-refractivity contribution is 5.76. The van der Waals surface area contributed by atoms with Crippen LogP contribution in [0.4, 0.5) is 0 Å². The molecule has 0 saturated carbocycles. The van der Waals surface area contributed by atoms with Gasteiger partial charge in [-0.1, -0.05) is 30.3 Å². The first-order valence-corrected chi connectivity index (χ1v) is 5.83. The molecule has 0 aromatic heterocycles. The van der Waals surface area contributed by atoms with E-state index in [1.54, 1.807) is 0 Å². The first-order chi connectivity index (χ1) is 8.22. The molecule has 4 heteroatoms. The second-order valence-electron chi connectivity index (χ2n) is 4.01. The molecule has 0 bridgehead atoms. The van der Waals surface area contributed by atoms with Gasteiger partial charge >= 0.3 is 0 Å². The highest BCUT2D eigenvalue weighted by Crippen LogP contribution is 2.00. The van der Waals surface area contributed by atoms with Gasteiger partial charge in [-0.15, -0.1) is 0 Å². The third-order valence-corrected chi connectivity index (χ3v) is 2.26. The van der Waals surface area contributed by atoms with Gasteiger partial charge in [-0.25, -0.2) is 0 Å². The van der Waals surface area contributed by atoms with E-state index in [4.69, 9.17) is 10.5 Å². The molecule has 1 amide bonds. The molecule has 1 unspecified atom stereocenters. The molecule has 3 N–H and O–H groups in total. The minimum Gasteiger partial charge on any atom is -0.375 e. The number of nitrogens with two attached hydrogens (primary N) is 1. The van der Waals surface area contributed by atoms with E-state index in [-0.39, 0.29) is 11.9 Å². The van der Waals surface area contributed by atoms with Gasteiger partial charge in [0.2, 0.25) is 5.91 Å². The van der Waals surface area contributed by atoms with Crippen molar-refractivity contribution >= 4 is 5.91 Å². The largest absolute Gasteiger partial charge is 0.375 e. The molecule has 4 nitrogen and oxygen atoms in total. The highest BCUT2D eigenvalue weighted by Gasteiger charge is 2.06. The molecule has 17 heavy (non-hydrogen) atoms. The normalized spacial score (nSPS) is 12.1. The number of amides is 1. The third-order valence-electron chi connectivity index (χ3n) is 2.26. The van der Waals surface area contributed by atoms with E-state index >= 15 is 0 Å². The Labute approximate surface area is 102 Å². The van der Waals surface area contributed by atoms with Crippen LogP contribution in [-0.2, 0) is 16.1 Å². The van der Waals surface area contributed by atoms with Crippen molar-refractivity contribution in [2.75, 3.05) is 13.2 Å². The summed E-state index contributed by atoms with van der Waals surface area (Å²) < 4.78 is 5.51. The number of benzene rings is 1. The summed E-state index contributed by atoms with van der Waals surface area (Å²) in [6, 6.07) is 9.96. The van der Waals surface area contributed by atoms with Crippen LogP contribution < -0.4 is 11.1 Å². The van der Waals surface area contributed by atoms with Crippen LogP contribution in [0.3, 0.4) is 0 Å². The molecule has 1 atom stereocenters. The molecule has 0 fully saturated rings. The molecule has 0 aliphatic rings. The van der Waals surface area contributed by atoms with Crippen molar-refractivity contribution in [3.05, 3.63) is 35.9 Å². The molecule has 0 aliphatic heterocycles. The summed E-state index contributed by atoms with van der Waals surface area (Å²) in [5.74, 6) is -0.0247. The van der Waals surface area contributed by atoms with Gasteiger partial charge < -0.3 is 15.8 Å². The average Bonchev–Trinajstić information content (AvgIpc) is 2.30. The summed E-state index contributed by atoms with van der Waals surface area (Å²) in [6.07, 6.45) is 0.364. The van der Waals surface area contributed by atoms with Gasteiger partial charge in [0.25, 0.3) is 0 Å². The lowest BCUT2D eigenvalue weighted by atomic mass is 10.2. The summed E-state index contributed by atoms with van der Waals surface area (Å²) in [5.41, 5.74) is 6.42. The predicted molar refractivity (Wildman–Crippen MR) is 67.4 cm³/mol. The van der Waals surface area contributed by atoms with Gasteiger partial charge in [-0.3, -0.25) is 4.79 Å². The van der Waals surface area contributed by atoms with E-state index in [2.05, 4.69) is 5.32 Å². The highest BCUT2D eigenvalue weighted by atomic mass is 16.5. The zero-order valence-electron chi connectivity index (χ0n) is 10.2. The first-order valence-electron chi connectivity index (χ1n) is 5.83. The van der Waals surface area contributed by atoms with Crippen LogP contribution in [0, 0.1) is 0 Å². The van der Waals surface area contributed by atoms with E-state index in [0.717, 1.165) is 5.56 Å². The topological polar surface area (TPSA) is 64.3 Å². The fraction of sp³-hybridized carbons (Fsp3) is 0.462. The van der Waals surface area contributed by atoms with Crippen molar-refractivity contribution in [3.63, 3.8) is 0 Å². The molecular weight excluding hydrogens is 216 g/mol. The molecule has 1 aromatic rings. The minimum atomic E-state index is -0.0247. The molecule has 0 saturated heterocycles. The number of nitrogens with one attached hydrogen (secondary N) is 1. The van der Waals surface area contributed by atoms with Crippen molar-refractivity contribution in [1.82, 2.24) is 5.32 Å². The molecule has 1 aromatic carbocycles. The Morgan fingerprint density at radius 3 is 2.76 bits per heavy atom. The second kappa shape index (κ2) is 7.81. The summed E-state index contributed by atoms with van der Waals surface area (Å²) in [6.45, 7) is 3.37. The number of hydrogen-bond acceptors (Lipinski definition) is 3. The van der Waals surface area contributed by atoms with Gasteiger partial charge in [0.1, 0.15) is 0 Å². The second-order valence-corrected chi connectivity index (χ2v) is 4.01. The summed E-state index contributed by atoms with van der Waals surface area (Å²) in [7, 11) is 0. The lowest BCUT2D eigenvalue weighted by Gasteiger charge is -2.14. The summed E-state index contributed by atoms with van der Waals surface area (Å²) in [5, 5.41) is 2.82. The number of carbonyl (C=O) groups excluding carboxylic acids is 1. The van der Waals surface area contributed by atoms with Gasteiger partial charge in [-0.05, 0) is 12.5 Å². The Hall–Kier alpha value is -1.39. The van der Waals surface area contributed by atoms with E-state index in [0.29, 0.717) is 26.2 Å². The van der Waals surface area contributed by atoms with Crippen molar-refractivity contribution in [2.24, 2.45) is 5.73 Å². The maximum Gasteiger partial charge on any atom is 0.221 e. The molecular formula is C13H20N2O2. The molecule has 94 valence electrons. The van der Waals surface area contributed by atoms with Gasteiger partial charge in [0.15, 0.2) is 0 Å². The molecule has 0 heterocycles. The number of carbonyl (C=O) groups is 1. The number of ether oxygens (including phenoxy) is 1. The van der Waals surface area contributed by atoms with Crippen LogP contribution in [-0.4, -0.2) is 25.1 Å². The molecule has 1 rings (SSSR count). The molecule has 0 radical (unpaired) electrons. The van der Waals surface area contributed by atoms with E-state index in [1.807, 2.05) is 37.3 Å². The van der Waals surface area contributed by atoms with Crippen molar-refractivity contribution < 1.29 is 9.53 Å². The van der Waals surface area contributed by atoms with Crippen LogP contribution in [0.2, 0.25) is 0 Å². The van der Waals surface area contributed by atoms with E-state index in [9.17, 15) is 4.79 Å². The molecule has 0 aliphatic carbocycles.